The molecule has 0 aliphatic heterocycles. The second kappa shape index (κ2) is 7.00. The number of nitriles is 1. The van der Waals surface area contributed by atoms with E-state index < -0.39 is 10.0 Å². The van der Waals surface area contributed by atoms with Gasteiger partial charge in [0.15, 0.2) is 0 Å². The number of pyridine rings is 1. The van der Waals surface area contributed by atoms with Crippen LogP contribution in [0.4, 0.5) is 5.69 Å². The smallest absolute Gasteiger partial charge is 0.263 e. The lowest BCUT2D eigenvalue weighted by atomic mass is 10.1. The van der Waals surface area contributed by atoms with Crippen LogP contribution >= 0.6 is 23.2 Å². The maximum absolute atomic E-state index is 12.6. The molecule has 1 N–H and O–H groups in total. The van der Waals surface area contributed by atoms with Gasteiger partial charge >= 0.3 is 0 Å². The van der Waals surface area contributed by atoms with Gasteiger partial charge in [-0.1, -0.05) is 35.3 Å². The Labute approximate surface area is 159 Å². The molecular weight excluding hydrogens is 397 g/mol. The molecular formula is C17H11Cl2N3O3S. The van der Waals surface area contributed by atoms with Gasteiger partial charge in [0.05, 0.1) is 16.1 Å². The first-order valence-corrected chi connectivity index (χ1v) is 9.54. The van der Waals surface area contributed by atoms with E-state index in [0.29, 0.717) is 10.8 Å². The van der Waals surface area contributed by atoms with Gasteiger partial charge < -0.3 is 4.57 Å². The van der Waals surface area contributed by atoms with E-state index in [1.165, 1.54) is 41.1 Å². The number of anilines is 1. The Morgan fingerprint density at radius 2 is 1.92 bits per heavy atom. The zero-order valence-corrected chi connectivity index (χ0v) is 15.4. The SMILES string of the molecule is N#CCn1ccc2ccc(NS(=O)(=O)c3cccc(Cl)c3Cl)cc2c1=O. The molecule has 0 unspecified atom stereocenters. The maximum atomic E-state index is 12.6. The lowest BCUT2D eigenvalue weighted by molar-refractivity contribution is 0.601. The summed E-state index contributed by atoms with van der Waals surface area (Å²) < 4.78 is 28.8. The van der Waals surface area contributed by atoms with Crippen molar-refractivity contribution < 1.29 is 8.42 Å². The molecule has 2 aromatic carbocycles. The number of aromatic nitrogens is 1. The van der Waals surface area contributed by atoms with E-state index in [1.807, 2.05) is 6.07 Å². The fourth-order valence-electron chi connectivity index (χ4n) is 2.45. The molecule has 3 aromatic rings. The molecule has 1 aromatic heterocycles. The largest absolute Gasteiger partial charge is 0.301 e. The van der Waals surface area contributed by atoms with Gasteiger partial charge in [0.25, 0.3) is 15.6 Å². The Kier molecular flexibility index (Phi) is 4.92. The Morgan fingerprint density at radius 1 is 1.15 bits per heavy atom. The van der Waals surface area contributed by atoms with Crippen LogP contribution in [-0.4, -0.2) is 13.0 Å². The monoisotopic (exact) mass is 407 g/mol. The topological polar surface area (TPSA) is 92.0 Å². The van der Waals surface area contributed by atoms with Crippen molar-refractivity contribution in [3.8, 4) is 6.07 Å². The third kappa shape index (κ3) is 3.40. The second-order valence-electron chi connectivity index (χ2n) is 5.37. The predicted molar refractivity (Wildman–Crippen MR) is 101 cm³/mol. The number of fused-ring (bicyclic) bond motifs is 1. The van der Waals surface area contributed by atoms with Crippen molar-refractivity contribution in [3.05, 3.63) is 69.1 Å². The van der Waals surface area contributed by atoms with E-state index >= 15 is 0 Å². The Hall–Kier alpha value is -2.53. The first-order valence-electron chi connectivity index (χ1n) is 7.30. The molecule has 0 fully saturated rings. The van der Waals surface area contributed by atoms with Crippen LogP contribution in [0.15, 0.2) is 58.4 Å². The molecule has 0 aliphatic rings. The highest BCUT2D eigenvalue weighted by Crippen LogP contribution is 2.30. The van der Waals surface area contributed by atoms with Gasteiger partial charge in [-0.3, -0.25) is 9.52 Å². The minimum Gasteiger partial charge on any atom is -0.301 e. The number of hydrogen-bond acceptors (Lipinski definition) is 4. The van der Waals surface area contributed by atoms with Crippen molar-refractivity contribution in [1.29, 1.82) is 5.26 Å². The highest BCUT2D eigenvalue weighted by atomic mass is 35.5. The van der Waals surface area contributed by atoms with Crippen LogP contribution in [0.2, 0.25) is 10.0 Å². The molecule has 0 bridgehead atoms. The number of rotatable bonds is 4. The highest BCUT2D eigenvalue weighted by molar-refractivity contribution is 7.92. The zero-order chi connectivity index (χ0) is 18.9. The molecule has 0 aliphatic carbocycles. The second-order valence-corrected chi connectivity index (χ2v) is 7.80. The summed E-state index contributed by atoms with van der Waals surface area (Å²) in [6, 6.07) is 12.4. The fourth-order valence-corrected chi connectivity index (χ4v) is 4.26. The number of halogens is 2. The van der Waals surface area contributed by atoms with Crippen LogP contribution in [-0.2, 0) is 16.6 Å². The van der Waals surface area contributed by atoms with Crippen molar-refractivity contribution in [2.75, 3.05) is 4.72 Å². The lowest BCUT2D eigenvalue weighted by Crippen LogP contribution is -2.19. The summed E-state index contributed by atoms with van der Waals surface area (Å²) in [7, 11) is -4.00. The summed E-state index contributed by atoms with van der Waals surface area (Å²) in [5.74, 6) is 0. The first-order chi connectivity index (χ1) is 12.3. The van der Waals surface area contributed by atoms with Crippen molar-refractivity contribution in [3.63, 3.8) is 0 Å². The summed E-state index contributed by atoms with van der Waals surface area (Å²) >= 11 is 11.9. The van der Waals surface area contributed by atoms with E-state index in [4.69, 9.17) is 28.5 Å². The van der Waals surface area contributed by atoms with E-state index in [-0.39, 0.29) is 32.7 Å². The van der Waals surface area contributed by atoms with Gasteiger partial charge in [-0.2, -0.15) is 5.26 Å². The Morgan fingerprint density at radius 3 is 2.65 bits per heavy atom. The molecule has 6 nitrogen and oxygen atoms in total. The molecule has 0 amide bonds. The first kappa shape index (κ1) is 18.3. The van der Waals surface area contributed by atoms with Crippen molar-refractivity contribution in [1.82, 2.24) is 4.57 Å². The van der Waals surface area contributed by atoms with Crippen LogP contribution < -0.4 is 10.3 Å². The molecule has 1 heterocycles. The molecule has 0 saturated heterocycles. The molecule has 26 heavy (non-hydrogen) atoms. The van der Waals surface area contributed by atoms with Crippen LogP contribution in [0.3, 0.4) is 0 Å². The average molecular weight is 408 g/mol. The predicted octanol–water partition coefficient (Wildman–Crippen LogP) is 3.63. The average Bonchev–Trinajstić information content (AvgIpc) is 2.60. The number of nitrogens with one attached hydrogen (secondary N) is 1. The summed E-state index contributed by atoms with van der Waals surface area (Å²) in [6.07, 6.45) is 1.52. The number of nitrogens with zero attached hydrogens (tertiary/aromatic N) is 2. The van der Waals surface area contributed by atoms with Gasteiger partial charge in [0, 0.05) is 17.3 Å². The zero-order valence-electron chi connectivity index (χ0n) is 13.1. The number of hydrogen-bond donors (Lipinski definition) is 1. The summed E-state index contributed by atoms with van der Waals surface area (Å²) in [5.41, 5.74) is -0.189. The molecule has 9 heteroatoms. The fraction of sp³-hybridized carbons (Fsp3) is 0.0588. The maximum Gasteiger partial charge on any atom is 0.263 e. The van der Waals surface area contributed by atoms with Gasteiger partial charge in [-0.05, 0) is 35.7 Å². The highest BCUT2D eigenvalue weighted by Gasteiger charge is 2.20. The lowest BCUT2D eigenvalue weighted by Gasteiger charge is -2.11. The van der Waals surface area contributed by atoms with Gasteiger partial charge in [-0.25, -0.2) is 8.42 Å². The van der Waals surface area contributed by atoms with Crippen LogP contribution in [0.25, 0.3) is 10.8 Å². The van der Waals surface area contributed by atoms with E-state index in [0.717, 1.165) is 0 Å². The third-order valence-corrected chi connectivity index (χ3v) is 6.03. The summed E-state index contributed by atoms with van der Waals surface area (Å²) in [6.45, 7) is -0.0944. The Balaban J connectivity index is 2.06. The molecule has 0 radical (unpaired) electrons. The Bertz CT molecular complexity index is 1210. The summed E-state index contributed by atoms with van der Waals surface area (Å²) in [4.78, 5) is 12.2. The van der Waals surface area contributed by atoms with Gasteiger partial charge in [0.2, 0.25) is 0 Å². The molecule has 0 saturated carbocycles. The van der Waals surface area contributed by atoms with Gasteiger partial charge in [-0.15, -0.1) is 0 Å². The minimum absolute atomic E-state index is 0.0844. The van der Waals surface area contributed by atoms with Gasteiger partial charge in [0.1, 0.15) is 11.4 Å². The van der Waals surface area contributed by atoms with Crippen molar-refractivity contribution >= 4 is 49.7 Å². The van der Waals surface area contributed by atoms with Crippen molar-refractivity contribution in [2.24, 2.45) is 0 Å². The molecule has 0 atom stereocenters. The minimum atomic E-state index is -4.00. The molecule has 3 rings (SSSR count). The number of benzene rings is 2. The van der Waals surface area contributed by atoms with Crippen molar-refractivity contribution in [2.45, 2.75) is 11.4 Å². The normalized spacial score (nSPS) is 11.3. The van der Waals surface area contributed by atoms with E-state index in [9.17, 15) is 13.2 Å². The molecule has 132 valence electrons. The van der Waals surface area contributed by atoms with E-state index in [2.05, 4.69) is 4.72 Å². The number of sulfonamides is 1. The third-order valence-electron chi connectivity index (χ3n) is 3.68. The summed E-state index contributed by atoms with van der Waals surface area (Å²) in [5, 5.41) is 9.73. The van der Waals surface area contributed by atoms with Crippen LogP contribution in [0.5, 0.6) is 0 Å². The van der Waals surface area contributed by atoms with Crippen LogP contribution in [0.1, 0.15) is 0 Å². The quantitative estimate of drug-likeness (QED) is 0.714. The molecule has 0 spiro atoms. The standard InChI is InChI=1S/C17H11Cl2N3O3S/c18-14-2-1-3-15(16(14)19)26(24,25)21-12-5-4-11-6-8-22(9-7-20)17(23)13(11)10-12/h1-6,8,10,21H,9H2. The van der Waals surface area contributed by atoms with E-state index in [1.54, 1.807) is 12.1 Å². The van der Waals surface area contributed by atoms with Crippen LogP contribution in [0, 0.1) is 11.3 Å².